The molecule has 1 amide bonds. The van der Waals surface area contributed by atoms with E-state index >= 15 is 0 Å². The summed E-state index contributed by atoms with van der Waals surface area (Å²) in [4.78, 5) is 11.7. The van der Waals surface area contributed by atoms with Gasteiger partial charge in [-0.1, -0.05) is 13.3 Å². The van der Waals surface area contributed by atoms with Gasteiger partial charge in [0.25, 0.3) is 0 Å². The van der Waals surface area contributed by atoms with E-state index in [-0.39, 0.29) is 11.9 Å². The quantitative estimate of drug-likeness (QED) is 0.668. The Hall–Kier alpha value is -0.610. The van der Waals surface area contributed by atoms with Crippen molar-refractivity contribution in [2.75, 3.05) is 13.2 Å². The van der Waals surface area contributed by atoms with E-state index in [9.17, 15) is 4.79 Å². The molecule has 0 saturated heterocycles. The second-order valence-corrected chi connectivity index (χ2v) is 4.20. The normalized spacial score (nSPS) is 16.9. The molecule has 0 aliphatic carbocycles. The number of carbonyl (C=O) groups is 1. The molecule has 2 atom stereocenters. The van der Waals surface area contributed by atoms with Crippen molar-refractivity contribution in [2.45, 2.75) is 52.1 Å². The van der Waals surface area contributed by atoms with Crippen LogP contribution in [0.5, 0.6) is 0 Å². The first-order chi connectivity index (χ1) is 6.94. The maximum atomic E-state index is 11.7. The van der Waals surface area contributed by atoms with E-state index in [0.717, 1.165) is 6.42 Å². The van der Waals surface area contributed by atoms with Crippen LogP contribution >= 0.6 is 0 Å². The number of hydrogen-bond acceptors (Lipinski definition) is 3. The molecule has 4 heteroatoms. The van der Waals surface area contributed by atoms with Crippen molar-refractivity contribution in [1.29, 1.82) is 0 Å². The maximum Gasteiger partial charge on any atom is 0.240 e. The van der Waals surface area contributed by atoms with Crippen molar-refractivity contribution in [3.8, 4) is 0 Å². The molecule has 2 unspecified atom stereocenters. The number of nitrogens with two attached hydrogens (primary N) is 1. The highest BCUT2D eigenvalue weighted by Gasteiger charge is 2.27. The van der Waals surface area contributed by atoms with Gasteiger partial charge in [0.1, 0.15) is 0 Å². The molecule has 0 aromatic rings. The topological polar surface area (TPSA) is 64.4 Å². The summed E-state index contributed by atoms with van der Waals surface area (Å²) in [5.74, 6) is -0.100. The lowest BCUT2D eigenvalue weighted by molar-refractivity contribution is -0.127. The average molecular weight is 216 g/mol. The van der Waals surface area contributed by atoms with Crippen LogP contribution in [0, 0.1) is 0 Å². The molecular formula is C11H24N2O2. The Morgan fingerprint density at radius 3 is 2.60 bits per heavy atom. The number of carbonyl (C=O) groups excluding carboxylic acids is 1. The molecule has 0 aliphatic rings. The molecule has 0 fully saturated rings. The Bertz CT molecular complexity index is 193. The van der Waals surface area contributed by atoms with Crippen molar-refractivity contribution in [3.63, 3.8) is 0 Å². The first-order valence-electron chi connectivity index (χ1n) is 5.61. The minimum Gasteiger partial charge on any atom is -0.380 e. The summed E-state index contributed by atoms with van der Waals surface area (Å²) in [6, 6.07) is 0.0113. The summed E-state index contributed by atoms with van der Waals surface area (Å²) in [7, 11) is 0. The molecule has 4 nitrogen and oxygen atoms in total. The highest BCUT2D eigenvalue weighted by molar-refractivity contribution is 5.85. The largest absolute Gasteiger partial charge is 0.380 e. The van der Waals surface area contributed by atoms with Crippen molar-refractivity contribution < 1.29 is 9.53 Å². The molecule has 0 aromatic heterocycles. The zero-order valence-corrected chi connectivity index (χ0v) is 10.3. The number of amides is 1. The van der Waals surface area contributed by atoms with Gasteiger partial charge in [-0.3, -0.25) is 4.79 Å². The van der Waals surface area contributed by atoms with Crippen LogP contribution in [0.25, 0.3) is 0 Å². The fourth-order valence-corrected chi connectivity index (χ4v) is 1.36. The van der Waals surface area contributed by atoms with Gasteiger partial charge in [0, 0.05) is 12.6 Å². The fraction of sp³-hybridized carbons (Fsp3) is 0.909. The highest BCUT2D eigenvalue weighted by Crippen LogP contribution is 2.08. The molecule has 3 N–H and O–H groups in total. The van der Waals surface area contributed by atoms with Gasteiger partial charge < -0.3 is 15.8 Å². The van der Waals surface area contributed by atoms with Gasteiger partial charge in [0.05, 0.1) is 12.1 Å². The van der Waals surface area contributed by atoms with Crippen LogP contribution in [-0.2, 0) is 9.53 Å². The number of rotatable bonds is 7. The summed E-state index contributed by atoms with van der Waals surface area (Å²) in [5, 5.41) is 2.85. The van der Waals surface area contributed by atoms with Crippen LogP contribution in [0.15, 0.2) is 0 Å². The van der Waals surface area contributed by atoms with Crippen LogP contribution in [0.4, 0.5) is 0 Å². The van der Waals surface area contributed by atoms with Crippen LogP contribution in [0.1, 0.15) is 40.5 Å². The standard InChI is InChI=1S/C11H24N2O2/c1-5-7-11(4,12)10(14)13-9(3)8-15-6-2/h9H,5-8,12H2,1-4H3,(H,13,14). The van der Waals surface area contributed by atoms with Gasteiger partial charge in [-0.25, -0.2) is 0 Å². The van der Waals surface area contributed by atoms with Crippen LogP contribution in [0.3, 0.4) is 0 Å². The molecular weight excluding hydrogens is 192 g/mol. The zero-order valence-electron chi connectivity index (χ0n) is 10.3. The van der Waals surface area contributed by atoms with Crippen LogP contribution in [-0.4, -0.2) is 30.7 Å². The van der Waals surface area contributed by atoms with Crippen molar-refractivity contribution in [1.82, 2.24) is 5.32 Å². The molecule has 0 heterocycles. The van der Waals surface area contributed by atoms with Crippen molar-refractivity contribution >= 4 is 5.91 Å². The van der Waals surface area contributed by atoms with Gasteiger partial charge in [-0.2, -0.15) is 0 Å². The van der Waals surface area contributed by atoms with Gasteiger partial charge in [-0.05, 0) is 27.2 Å². The van der Waals surface area contributed by atoms with Gasteiger partial charge in [0.15, 0.2) is 0 Å². The summed E-state index contributed by atoms with van der Waals surface area (Å²) in [5.41, 5.74) is 5.13. The predicted octanol–water partition coefficient (Wildman–Crippen LogP) is 1.05. The molecule has 0 radical (unpaired) electrons. The van der Waals surface area contributed by atoms with Crippen LogP contribution in [0.2, 0.25) is 0 Å². The fourth-order valence-electron chi connectivity index (χ4n) is 1.36. The third kappa shape index (κ3) is 5.74. The second-order valence-electron chi connectivity index (χ2n) is 4.20. The van der Waals surface area contributed by atoms with E-state index < -0.39 is 5.54 Å². The number of ether oxygens (including phenoxy) is 1. The van der Waals surface area contributed by atoms with Crippen molar-refractivity contribution in [2.24, 2.45) is 5.73 Å². The third-order valence-electron chi connectivity index (χ3n) is 2.24. The zero-order chi connectivity index (χ0) is 11.9. The highest BCUT2D eigenvalue weighted by atomic mass is 16.5. The van der Waals surface area contributed by atoms with E-state index in [1.807, 2.05) is 20.8 Å². The number of hydrogen-bond donors (Lipinski definition) is 2. The van der Waals surface area contributed by atoms with E-state index in [1.165, 1.54) is 0 Å². The Balaban J connectivity index is 4.00. The summed E-state index contributed by atoms with van der Waals surface area (Å²) in [6.07, 6.45) is 1.60. The van der Waals surface area contributed by atoms with Gasteiger partial charge in [-0.15, -0.1) is 0 Å². The summed E-state index contributed by atoms with van der Waals surface area (Å²) < 4.78 is 5.21. The Labute approximate surface area is 92.6 Å². The van der Waals surface area contributed by atoms with Crippen molar-refractivity contribution in [3.05, 3.63) is 0 Å². The van der Waals surface area contributed by atoms with E-state index in [1.54, 1.807) is 6.92 Å². The molecule has 0 aromatic carbocycles. The van der Waals surface area contributed by atoms with E-state index in [0.29, 0.717) is 19.6 Å². The maximum absolute atomic E-state index is 11.7. The first-order valence-corrected chi connectivity index (χ1v) is 5.61. The number of nitrogens with one attached hydrogen (secondary N) is 1. The molecule has 0 bridgehead atoms. The molecule has 90 valence electrons. The molecule has 0 spiro atoms. The molecule has 0 aliphatic heterocycles. The predicted molar refractivity (Wildman–Crippen MR) is 61.6 cm³/mol. The summed E-state index contributed by atoms with van der Waals surface area (Å²) >= 11 is 0. The molecule has 15 heavy (non-hydrogen) atoms. The smallest absolute Gasteiger partial charge is 0.240 e. The van der Waals surface area contributed by atoms with E-state index in [2.05, 4.69) is 5.32 Å². The molecule has 0 saturated carbocycles. The van der Waals surface area contributed by atoms with Crippen LogP contribution < -0.4 is 11.1 Å². The lowest BCUT2D eigenvalue weighted by Gasteiger charge is -2.25. The minimum atomic E-state index is -0.769. The second kappa shape index (κ2) is 6.80. The first kappa shape index (κ1) is 14.4. The third-order valence-corrected chi connectivity index (χ3v) is 2.24. The Morgan fingerprint density at radius 1 is 1.53 bits per heavy atom. The average Bonchev–Trinajstić information content (AvgIpc) is 2.14. The SMILES string of the molecule is CCCC(C)(N)C(=O)NC(C)COCC. The van der Waals surface area contributed by atoms with Gasteiger partial charge >= 0.3 is 0 Å². The Kier molecular flexibility index (Phi) is 6.52. The van der Waals surface area contributed by atoms with Gasteiger partial charge in [0.2, 0.25) is 5.91 Å². The lowest BCUT2D eigenvalue weighted by Crippen LogP contribution is -2.54. The minimum absolute atomic E-state index is 0.0113. The summed E-state index contributed by atoms with van der Waals surface area (Å²) in [6.45, 7) is 8.81. The lowest BCUT2D eigenvalue weighted by atomic mass is 9.96. The monoisotopic (exact) mass is 216 g/mol. The Morgan fingerprint density at radius 2 is 2.13 bits per heavy atom. The molecule has 0 rings (SSSR count). The van der Waals surface area contributed by atoms with E-state index in [4.69, 9.17) is 10.5 Å².